The third kappa shape index (κ3) is 4.36. The Bertz CT molecular complexity index is 649. The van der Waals surface area contributed by atoms with E-state index in [1.165, 1.54) is 0 Å². The minimum atomic E-state index is 0.0952. The summed E-state index contributed by atoms with van der Waals surface area (Å²) in [7, 11) is 0. The van der Waals surface area contributed by atoms with Gasteiger partial charge in [0, 0.05) is 36.8 Å². The van der Waals surface area contributed by atoms with Gasteiger partial charge in [0.15, 0.2) is 0 Å². The Kier molecular flexibility index (Phi) is 5.03. The van der Waals surface area contributed by atoms with Crippen molar-refractivity contribution in [3.05, 3.63) is 46.2 Å². The summed E-state index contributed by atoms with van der Waals surface area (Å²) < 4.78 is 5.67. The fourth-order valence-corrected chi connectivity index (χ4v) is 3.63. The standard InChI is InChI=1S/C17H21N3O2S/c1-12-9-20(10-13(2)22-12)17(21)8-15-11-23-16(19-15)7-14-5-3-4-6-18-14/h3-6,11-13H,7-10H2,1-2H3/t12-,13+. The lowest BCUT2D eigenvalue weighted by molar-refractivity contribution is -0.142. The molecule has 6 heteroatoms. The van der Waals surface area contributed by atoms with Crippen LogP contribution in [0.25, 0.3) is 0 Å². The Morgan fingerprint density at radius 1 is 1.30 bits per heavy atom. The van der Waals surface area contributed by atoms with E-state index in [0.29, 0.717) is 25.9 Å². The van der Waals surface area contributed by atoms with E-state index in [0.717, 1.165) is 16.4 Å². The quantitative estimate of drug-likeness (QED) is 0.863. The van der Waals surface area contributed by atoms with Gasteiger partial charge in [-0.2, -0.15) is 0 Å². The first-order valence-electron chi connectivity index (χ1n) is 7.86. The Hall–Kier alpha value is -1.79. The highest BCUT2D eigenvalue weighted by Gasteiger charge is 2.26. The molecule has 0 unspecified atom stereocenters. The number of nitrogens with zero attached hydrogens (tertiary/aromatic N) is 3. The van der Waals surface area contributed by atoms with Gasteiger partial charge < -0.3 is 9.64 Å². The Morgan fingerprint density at radius 3 is 2.78 bits per heavy atom. The Labute approximate surface area is 140 Å². The summed E-state index contributed by atoms with van der Waals surface area (Å²) in [5.74, 6) is 0.127. The molecular weight excluding hydrogens is 310 g/mol. The molecule has 2 aromatic rings. The zero-order chi connectivity index (χ0) is 16.2. The summed E-state index contributed by atoms with van der Waals surface area (Å²) in [6.45, 7) is 5.33. The normalized spacial score (nSPS) is 21.4. The van der Waals surface area contributed by atoms with Crippen LogP contribution in [0, 0.1) is 0 Å². The van der Waals surface area contributed by atoms with Gasteiger partial charge in [0.25, 0.3) is 0 Å². The van der Waals surface area contributed by atoms with E-state index in [4.69, 9.17) is 4.74 Å². The van der Waals surface area contributed by atoms with Crippen LogP contribution in [0.1, 0.15) is 30.2 Å². The molecule has 1 amide bonds. The van der Waals surface area contributed by atoms with E-state index in [1.54, 1.807) is 17.5 Å². The van der Waals surface area contributed by atoms with Gasteiger partial charge in [-0.05, 0) is 26.0 Å². The van der Waals surface area contributed by atoms with Crippen molar-refractivity contribution in [3.63, 3.8) is 0 Å². The topological polar surface area (TPSA) is 55.3 Å². The number of hydrogen-bond donors (Lipinski definition) is 0. The molecule has 1 fully saturated rings. The number of aromatic nitrogens is 2. The number of rotatable bonds is 4. The fourth-order valence-electron chi connectivity index (χ4n) is 2.82. The van der Waals surface area contributed by atoms with Crippen molar-refractivity contribution in [2.45, 2.75) is 38.9 Å². The lowest BCUT2D eigenvalue weighted by atomic mass is 10.2. The first-order valence-corrected chi connectivity index (χ1v) is 8.74. The zero-order valence-electron chi connectivity index (χ0n) is 13.4. The number of carbonyl (C=O) groups is 1. The van der Waals surface area contributed by atoms with Gasteiger partial charge in [0.1, 0.15) is 0 Å². The lowest BCUT2D eigenvalue weighted by Gasteiger charge is -2.35. The minimum Gasteiger partial charge on any atom is -0.372 e. The van der Waals surface area contributed by atoms with E-state index < -0.39 is 0 Å². The third-order valence-electron chi connectivity index (χ3n) is 3.76. The molecule has 122 valence electrons. The lowest BCUT2D eigenvalue weighted by Crippen LogP contribution is -2.48. The molecular formula is C17H21N3O2S. The average Bonchev–Trinajstić information content (AvgIpc) is 2.94. The zero-order valence-corrected chi connectivity index (χ0v) is 14.3. The number of ether oxygens (including phenoxy) is 1. The van der Waals surface area contributed by atoms with Gasteiger partial charge in [-0.3, -0.25) is 9.78 Å². The highest BCUT2D eigenvalue weighted by Crippen LogP contribution is 2.16. The van der Waals surface area contributed by atoms with Crippen molar-refractivity contribution in [3.8, 4) is 0 Å². The predicted molar refractivity (Wildman–Crippen MR) is 89.5 cm³/mol. The van der Waals surface area contributed by atoms with Crippen LogP contribution >= 0.6 is 11.3 Å². The van der Waals surface area contributed by atoms with Gasteiger partial charge >= 0.3 is 0 Å². The first-order chi connectivity index (χ1) is 11.1. The van der Waals surface area contributed by atoms with Gasteiger partial charge in [0.05, 0.1) is 29.3 Å². The molecule has 5 nitrogen and oxygen atoms in total. The summed E-state index contributed by atoms with van der Waals surface area (Å²) in [5.41, 5.74) is 1.84. The van der Waals surface area contributed by atoms with E-state index in [2.05, 4.69) is 9.97 Å². The predicted octanol–water partition coefficient (Wildman–Crippen LogP) is 2.31. The molecule has 0 radical (unpaired) electrons. The molecule has 0 aliphatic carbocycles. The molecule has 1 saturated heterocycles. The molecule has 0 bridgehead atoms. The summed E-state index contributed by atoms with van der Waals surface area (Å²) >= 11 is 1.59. The van der Waals surface area contributed by atoms with Crippen LogP contribution in [-0.2, 0) is 22.4 Å². The molecule has 23 heavy (non-hydrogen) atoms. The minimum absolute atomic E-state index is 0.0952. The second kappa shape index (κ2) is 7.19. The van der Waals surface area contributed by atoms with Crippen LogP contribution < -0.4 is 0 Å². The second-order valence-corrected chi connectivity index (χ2v) is 6.91. The molecule has 1 aliphatic heterocycles. The van der Waals surface area contributed by atoms with Crippen LogP contribution in [0.2, 0.25) is 0 Å². The summed E-state index contributed by atoms with van der Waals surface area (Å²) in [6.07, 6.45) is 3.05. The van der Waals surface area contributed by atoms with E-state index in [-0.39, 0.29) is 18.1 Å². The average molecular weight is 331 g/mol. The van der Waals surface area contributed by atoms with Gasteiger partial charge in [-0.25, -0.2) is 4.98 Å². The maximum atomic E-state index is 12.4. The maximum Gasteiger partial charge on any atom is 0.228 e. The molecule has 2 aromatic heterocycles. The highest BCUT2D eigenvalue weighted by molar-refractivity contribution is 7.09. The van der Waals surface area contributed by atoms with Gasteiger partial charge in [-0.1, -0.05) is 6.07 Å². The van der Waals surface area contributed by atoms with Crippen LogP contribution in [0.5, 0.6) is 0 Å². The molecule has 0 saturated carbocycles. The Morgan fingerprint density at radius 2 is 2.09 bits per heavy atom. The molecule has 2 atom stereocenters. The molecule has 1 aliphatic rings. The van der Waals surface area contributed by atoms with Crippen LogP contribution in [0.3, 0.4) is 0 Å². The second-order valence-electron chi connectivity index (χ2n) is 5.96. The molecule has 3 heterocycles. The van der Waals surface area contributed by atoms with Crippen molar-refractivity contribution >= 4 is 17.2 Å². The molecule has 0 spiro atoms. The number of hydrogen-bond acceptors (Lipinski definition) is 5. The van der Waals surface area contributed by atoms with Crippen molar-refractivity contribution in [1.29, 1.82) is 0 Å². The van der Waals surface area contributed by atoms with E-state index in [9.17, 15) is 4.79 Å². The maximum absolute atomic E-state index is 12.4. The van der Waals surface area contributed by atoms with E-state index in [1.807, 2.05) is 42.3 Å². The number of carbonyl (C=O) groups excluding carboxylic acids is 1. The van der Waals surface area contributed by atoms with Crippen LogP contribution in [0.15, 0.2) is 29.8 Å². The Balaban J connectivity index is 1.59. The van der Waals surface area contributed by atoms with Gasteiger partial charge in [-0.15, -0.1) is 11.3 Å². The number of morpholine rings is 1. The smallest absolute Gasteiger partial charge is 0.228 e. The molecule has 0 N–H and O–H groups in total. The number of amides is 1. The largest absolute Gasteiger partial charge is 0.372 e. The summed E-state index contributed by atoms with van der Waals surface area (Å²) in [6, 6.07) is 5.86. The summed E-state index contributed by atoms with van der Waals surface area (Å²) in [4.78, 5) is 23.2. The highest BCUT2D eigenvalue weighted by atomic mass is 32.1. The van der Waals surface area contributed by atoms with Crippen LogP contribution in [-0.4, -0.2) is 46.1 Å². The van der Waals surface area contributed by atoms with Crippen molar-refractivity contribution in [1.82, 2.24) is 14.9 Å². The monoisotopic (exact) mass is 331 g/mol. The molecule has 0 aromatic carbocycles. The van der Waals surface area contributed by atoms with Gasteiger partial charge in [0.2, 0.25) is 5.91 Å². The number of pyridine rings is 1. The van der Waals surface area contributed by atoms with Crippen molar-refractivity contribution in [2.24, 2.45) is 0 Å². The van der Waals surface area contributed by atoms with Crippen molar-refractivity contribution in [2.75, 3.05) is 13.1 Å². The third-order valence-corrected chi connectivity index (χ3v) is 4.66. The molecule has 3 rings (SSSR count). The van der Waals surface area contributed by atoms with Crippen molar-refractivity contribution < 1.29 is 9.53 Å². The van der Waals surface area contributed by atoms with Crippen LogP contribution in [0.4, 0.5) is 0 Å². The van der Waals surface area contributed by atoms with E-state index >= 15 is 0 Å². The fraction of sp³-hybridized carbons (Fsp3) is 0.471. The SMILES string of the molecule is C[C@@H]1CN(C(=O)Cc2csc(Cc3ccccn3)n2)C[C@H](C)O1. The number of thiazole rings is 1. The first kappa shape index (κ1) is 16.1. The summed E-state index contributed by atoms with van der Waals surface area (Å²) in [5, 5.41) is 2.97.